The molecule has 2 rings (SSSR count). The minimum atomic E-state index is 0. The Morgan fingerprint density at radius 1 is 1.40 bits per heavy atom. The fourth-order valence-electron chi connectivity index (χ4n) is 2.01. The molecular formula is C12H15ClN2. The second-order valence-electron chi connectivity index (χ2n) is 3.83. The first-order valence-corrected chi connectivity index (χ1v) is 5.09. The fourth-order valence-corrected chi connectivity index (χ4v) is 2.01. The molecule has 1 fully saturated rings. The van der Waals surface area contributed by atoms with Gasteiger partial charge in [-0.1, -0.05) is 18.2 Å². The van der Waals surface area contributed by atoms with E-state index in [-0.39, 0.29) is 12.4 Å². The number of nitrogens with zero attached hydrogens (tertiary/aromatic N) is 1. The molecular weight excluding hydrogens is 208 g/mol. The quantitative estimate of drug-likeness (QED) is 0.832. The van der Waals surface area contributed by atoms with Gasteiger partial charge in [0.25, 0.3) is 0 Å². The van der Waals surface area contributed by atoms with Gasteiger partial charge in [-0.05, 0) is 43.5 Å². The Morgan fingerprint density at radius 3 is 2.87 bits per heavy atom. The van der Waals surface area contributed by atoms with Crippen molar-refractivity contribution < 1.29 is 0 Å². The third-order valence-electron chi connectivity index (χ3n) is 2.81. The van der Waals surface area contributed by atoms with E-state index in [4.69, 9.17) is 5.26 Å². The Balaban J connectivity index is 0.00000112. The van der Waals surface area contributed by atoms with E-state index < -0.39 is 0 Å². The highest BCUT2D eigenvalue weighted by Gasteiger charge is 2.15. The Bertz CT molecular complexity index is 351. The third-order valence-corrected chi connectivity index (χ3v) is 2.81. The van der Waals surface area contributed by atoms with Gasteiger partial charge in [0.15, 0.2) is 0 Å². The van der Waals surface area contributed by atoms with Crippen LogP contribution in [-0.2, 0) is 6.42 Å². The average molecular weight is 223 g/mol. The van der Waals surface area contributed by atoms with Crippen LogP contribution in [0.4, 0.5) is 0 Å². The number of rotatable bonds is 2. The van der Waals surface area contributed by atoms with Gasteiger partial charge in [0.2, 0.25) is 0 Å². The second kappa shape index (κ2) is 5.75. The highest BCUT2D eigenvalue weighted by atomic mass is 35.5. The van der Waals surface area contributed by atoms with Crippen LogP contribution in [0.3, 0.4) is 0 Å². The Morgan fingerprint density at radius 2 is 2.20 bits per heavy atom. The number of nitrogens with one attached hydrogen (secondary N) is 1. The van der Waals surface area contributed by atoms with Crippen molar-refractivity contribution in [1.82, 2.24) is 5.32 Å². The summed E-state index contributed by atoms with van der Waals surface area (Å²) in [5.41, 5.74) is 2.03. The molecule has 2 nitrogen and oxygen atoms in total. The van der Waals surface area contributed by atoms with Crippen molar-refractivity contribution in [2.45, 2.75) is 12.8 Å². The van der Waals surface area contributed by atoms with Crippen LogP contribution in [-0.4, -0.2) is 13.1 Å². The molecule has 0 radical (unpaired) electrons. The van der Waals surface area contributed by atoms with Crippen LogP contribution in [0.5, 0.6) is 0 Å². The largest absolute Gasteiger partial charge is 0.316 e. The van der Waals surface area contributed by atoms with Crippen LogP contribution in [0.15, 0.2) is 24.3 Å². The molecule has 1 saturated heterocycles. The maximum absolute atomic E-state index is 8.93. The van der Waals surface area contributed by atoms with Crippen molar-refractivity contribution in [1.29, 1.82) is 5.26 Å². The van der Waals surface area contributed by atoms with Crippen LogP contribution < -0.4 is 5.32 Å². The zero-order chi connectivity index (χ0) is 9.80. The van der Waals surface area contributed by atoms with Crippen molar-refractivity contribution in [2.75, 3.05) is 13.1 Å². The third kappa shape index (κ3) is 2.95. The summed E-state index contributed by atoms with van der Waals surface area (Å²) in [7, 11) is 0. The topological polar surface area (TPSA) is 35.8 Å². The van der Waals surface area contributed by atoms with E-state index in [0.29, 0.717) is 5.92 Å². The van der Waals surface area contributed by atoms with Gasteiger partial charge in [-0.25, -0.2) is 0 Å². The molecule has 0 spiro atoms. The summed E-state index contributed by atoms with van der Waals surface area (Å²) in [6.07, 6.45) is 2.27. The minimum Gasteiger partial charge on any atom is -0.316 e. The summed E-state index contributed by atoms with van der Waals surface area (Å²) in [6, 6.07) is 10.2. The lowest BCUT2D eigenvalue weighted by Crippen LogP contribution is -2.11. The van der Waals surface area contributed by atoms with Crippen LogP contribution in [0, 0.1) is 17.2 Å². The molecule has 1 heterocycles. The SMILES string of the molecule is Cl.N#Cc1ccccc1CC1CCNC1. The van der Waals surface area contributed by atoms with Crippen molar-refractivity contribution in [2.24, 2.45) is 5.92 Å². The van der Waals surface area contributed by atoms with E-state index >= 15 is 0 Å². The van der Waals surface area contributed by atoms with Gasteiger partial charge in [0.1, 0.15) is 0 Å². The molecule has 1 atom stereocenters. The molecule has 1 unspecified atom stereocenters. The summed E-state index contributed by atoms with van der Waals surface area (Å²) < 4.78 is 0. The van der Waals surface area contributed by atoms with Crippen molar-refractivity contribution in [3.05, 3.63) is 35.4 Å². The molecule has 15 heavy (non-hydrogen) atoms. The summed E-state index contributed by atoms with van der Waals surface area (Å²) in [5.74, 6) is 0.712. The maximum Gasteiger partial charge on any atom is 0.0994 e. The van der Waals surface area contributed by atoms with Gasteiger partial charge in [0, 0.05) is 0 Å². The standard InChI is InChI=1S/C12H14N2.ClH/c13-8-12-4-2-1-3-11(12)7-10-5-6-14-9-10;/h1-4,10,14H,5-7,9H2;1H. The van der Waals surface area contributed by atoms with Crippen LogP contribution >= 0.6 is 12.4 Å². The molecule has 0 aromatic heterocycles. The molecule has 80 valence electrons. The van der Waals surface area contributed by atoms with E-state index in [1.54, 1.807) is 0 Å². The Kier molecular flexibility index (Phi) is 4.61. The van der Waals surface area contributed by atoms with E-state index in [2.05, 4.69) is 17.5 Å². The van der Waals surface area contributed by atoms with Crippen molar-refractivity contribution >= 4 is 12.4 Å². The van der Waals surface area contributed by atoms with E-state index in [9.17, 15) is 0 Å². The molecule has 1 aliphatic rings. The normalized spacial score (nSPS) is 19.3. The van der Waals surface area contributed by atoms with Crippen LogP contribution in [0.1, 0.15) is 17.5 Å². The number of hydrogen-bond donors (Lipinski definition) is 1. The lowest BCUT2D eigenvalue weighted by molar-refractivity contribution is 0.579. The number of hydrogen-bond acceptors (Lipinski definition) is 2. The van der Waals surface area contributed by atoms with Crippen molar-refractivity contribution in [3.8, 4) is 6.07 Å². The predicted molar refractivity (Wildman–Crippen MR) is 63.1 cm³/mol. The van der Waals surface area contributed by atoms with Gasteiger partial charge < -0.3 is 5.32 Å². The van der Waals surface area contributed by atoms with E-state index in [0.717, 1.165) is 25.1 Å². The molecule has 1 aromatic carbocycles. The summed E-state index contributed by atoms with van der Waals surface area (Å²) in [4.78, 5) is 0. The lowest BCUT2D eigenvalue weighted by atomic mass is 9.95. The van der Waals surface area contributed by atoms with E-state index in [1.807, 2.05) is 18.2 Å². The molecule has 0 saturated carbocycles. The molecule has 1 aromatic rings. The molecule has 0 aliphatic carbocycles. The lowest BCUT2D eigenvalue weighted by Gasteiger charge is -2.08. The smallest absolute Gasteiger partial charge is 0.0994 e. The Hall–Kier alpha value is -1.04. The van der Waals surface area contributed by atoms with Crippen molar-refractivity contribution in [3.63, 3.8) is 0 Å². The summed E-state index contributed by atoms with van der Waals surface area (Å²) >= 11 is 0. The Labute approximate surface area is 96.7 Å². The number of benzene rings is 1. The summed E-state index contributed by atoms with van der Waals surface area (Å²) in [6.45, 7) is 2.22. The van der Waals surface area contributed by atoms with Crippen LogP contribution in [0.25, 0.3) is 0 Å². The van der Waals surface area contributed by atoms with Gasteiger partial charge in [-0.3, -0.25) is 0 Å². The summed E-state index contributed by atoms with van der Waals surface area (Å²) in [5, 5.41) is 12.3. The first-order valence-electron chi connectivity index (χ1n) is 5.09. The van der Waals surface area contributed by atoms with E-state index in [1.165, 1.54) is 12.0 Å². The molecule has 1 N–H and O–H groups in total. The molecule has 0 bridgehead atoms. The average Bonchev–Trinajstić information content (AvgIpc) is 2.71. The molecule has 1 aliphatic heterocycles. The van der Waals surface area contributed by atoms with Gasteiger partial charge in [0.05, 0.1) is 11.6 Å². The predicted octanol–water partition coefficient (Wildman–Crippen LogP) is 2.13. The van der Waals surface area contributed by atoms with Gasteiger partial charge in [-0.2, -0.15) is 5.26 Å². The number of halogens is 1. The number of nitriles is 1. The zero-order valence-corrected chi connectivity index (χ0v) is 9.39. The molecule has 0 amide bonds. The van der Waals surface area contributed by atoms with Crippen LogP contribution in [0.2, 0.25) is 0 Å². The molecule has 3 heteroatoms. The highest BCUT2D eigenvalue weighted by molar-refractivity contribution is 5.85. The van der Waals surface area contributed by atoms with Gasteiger partial charge >= 0.3 is 0 Å². The minimum absolute atomic E-state index is 0. The first kappa shape index (κ1) is 12.0. The highest BCUT2D eigenvalue weighted by Crippen LogP contribution is 2.17. The fraction of sp³-hybridized carbons (Fsp3) is 0.417. The zero-order valence-electron chi connectivity index (χ0n) is 8.57. The maximum atomic E-state index is 8.93. The monoisotopic (exact) mass is 222 g/mol. The van der Waals surface area contributed by atoms with Gasteiger partial charge in [-0.15, -0.1) is 12.4 Å². The second-order valence-corrected chi connectivity index (χ2v) is 3.83. The first-order chi connectivity index (χ1) is 6.90.